The molecule has 0 aliphatic carbocycles. The van der Waals surface area contributed by atoms with Gasteiger partial charge in [-0.1, -0.05) is 64.4 Å². The van der Waals surface area contributed by atoms with Gasteiger partial charge in [0.1, 0.15) is 60.4 Å². The van der Waals surface area contributed by atoms with Crippen molar-refractivity contribution in [1.29, 1.82) is 0 Å². The Morgan fingerprint density at radius 1 is 0.558 bits per heavy atom. The quantitative estimate of drug-likeness (QED) is 0.0355. The Morgan fingerprint density at radius 3 is 1.55 bits per heavy atom. The standard InChI is InChI=1S/C56H98N16O14/c1-7-31(4)13-14-35(75)29-44(76)63-36(15-21-57)51(81)72-46(33(6)74)56(86)68-39(18-24-60)48(78)67-41-20-26-62-55(85)45(32(5)73)71-52(82)40(19-25-61)65-47(77)37(16-22-58)66-53(83)42(27-30(2)3)69-54(84)43(28-34-11-9-8-10-12-34)70-49(79)38(17-23-59)64-50(41)80/h8-12,30-33,35-43,45-46,73-75H,7,13-29,57-61H2,1-6H3,(H,62,85)(H,63,76)(H,64,80)(H,65,77)(H,66,83)(H,67,78)(H,68,86)(H,69,84)(H,70,79)(H,71,82)(H,72,81)/p+5/t31-,32-,33-,35?,36+,37+,38+,39+,40+,41+,42+,43-,45+,46+/m1/s1. The molecule has 0 radical (unpaired) electrons. The Hall–Kier alpha value is -6.93. The van der Waals surface area contributed by atoms with Crippen molar-refractivity contribution in [3.05, 3.63) is 35.9 Å². The summed E-state index contributed by atoms with van der Waals surface area (Å²) in [6.45, 7) is 10.2. The van der Waals surface area contributed by atoms with E-state index in [-0.39, 0.29) is 90.0 Å². The fraction of sp³-hybridized carbons (Fsp3) is 0.696. The minimum atomic E-state index is -1.70. The third kappa shape index (κ3) is 26.8. The number of quaternary nitrogens is 5. The van der Waals surface area contributed by atoms with Crippen molar-refractivity contribution in [2.75, 3.05) is 39.3 Å². The third-order valence-corrected chi connectivity index (χ3v) is 14.5. The monoisotopic (exact) mass is 1220 g/mol. The summed E-state index contributed by atoms with van der Waals surface area (Å²) in [5.74, 6) is -9.42. The van der Waals surface area contributed by atoms with Gasteiger partial charge in [0.25, 0.3) is 0 Å². The lowest BCUT2D eigenvalue weighted by Crippen LogP contribution is -2.63. The summed E-state index contributed by atoms with van der Waals surface area (Å²) in [6, 6.07) is -5.74. The highest BCUT2D eigenvalue weighted by molar-refractivity contribution is 5.99. The van der Waals surface area contributed by atoms with E-state index in [1.165, 1.54) is 13.8 Å². The molecule has 1 unspecified atom stereocenters. The molecule has 1 aromatic carbocycles. The lowest BCUT2D eigenvalue weighted by Gasteiger charge is -2.28. The first kappa shape index (κ1) is 75.2. The van der Waals surface area contributed by atoms with Gasteiger partial charge in [-0.2, -0.15) is 0 Å². The number of nitrogens with one attached hydrogen (secondary N) is 11. The van der Waals surface area contributed by atoms with Crippen LogP contribution < -0.4 is 87.2 Å². The zero-order valence-corrected chi connectivity index (χ0v) is 51.1. The van der Waals surface area contributed by atoms with Crippen LogP contribution in [0.4, 0.5) is 0 Å². The molecule has 1 aliphatic rings. The van der Waals surface area contributed by atoms with Gasteiger partial charge >= 0.3 is 0 Å². The number of aliphatic hydroxyl groups excluding tert-OH is 3. The molecule has 0 aromatic heterocycles. The van der Waals surface area contributed by atoms with E-state index in [2.05, 4.69) is 87.2 Å². The van der Waals surface area contributed by atoms with Crippen LogP contribution in [0.15, 0.2) is 30.3 Å². The molecule has 1 aromatic rings. The van der Waals surface area contributed by atoms with Crippen LogP contribution in [0, 0.1) is 11.8 Å². The summed E-state index contributed by atoms with van der Waals surface area (Å²) < 4.78 is 0. The molecule has 1 heterocycles. The molecular weight excluding hydrogens is 1120 g/mol. The first-order chi connectivity index (χ1) is 40.7. The van der Waals surface area contributed by atoms with Crippen LogP contribution in [0.5, 0.6) is 0 Å². The molecular formula is C56H103N16O14+5. The second-order valence-corrected chi connectivity index (χ2v) is 22.6. The van der Waals surface area contributed by atoms with Crippen molar-refractivity contribution in [2.45, 2.75) is 197 Å². The van der Waals surface area contributed by atoms with Gasteiger partial charge in [-0.15, -0.1) is 0 Å². The molecule has 2 rings (SSSR count). The van der Waals surface area contributed by atoms with Gasteiger partial charge in [0.05, 0.1) is 57.5 Å². The van der Waals surface area contributed by atoms with E-state index < -0.39 is 157 Å². The predicted molar refractivity (Wildman–Crippen MR) is 311 cm³/mol. The summed E-state index contributed by atoms with van der Waals surface area (Å²) >= 11 is 0. The van der Waals surface area contributed by atoms with Crippen molar-refractivity contribution >= 4 is 65.0 Å². The molecule has 86 heavy (non-hydrogen) atoms. The zero-order chi connectivity index (χ0) is 64.6. The van der Waals surface area contributed by atoms with Crippen LogP contribution in [0.3, 0.4) is 0 Å². The third-order valence-electron chi connectivity index (χ3n) is 14.5. The Balaban J connectivity index is 2.68. The van der Waals surface area contributed by atoms with Gasteiger partial charge in [0, 0.05) is 45.1 Å². The fourth-order valence-electron chi connectivity index (χ4n) is 9.31. The summed E-state index contributed by atoms with van der Waals surface area (Å²) in [7, 11) is 0. The molecule has 0 saturated carbocycles. The number of benzene rings is 1. The fourth-order valence-corrected chi connectivity index (χ4v) is 9.31. The Labute approximate surface area is 503 Å². The lowest BCUT2D eigenvalue weighted by molar-refractivity contribution is -0.369. The highest BCUT2D eigenvalue weighted by Crippen LogP contribution is 2.14. The Morgan fingerprint density at radius 2 is 1.05 bits per heavy atom. The minimum absolute atomic E-state index is 0.00702. The first-order valence-electron chi connectivity index (χ1n) is 30.1. The highest BCUT2D eigenvalue weighted by Gasteiger charge is 2.38. The summed E-state index contributed by atoms with van der Waals surface area (Å²) in [5.41, 5.74) is 19.7. The highest BCUT2D eigenvalue weighted by atomic mass is 16.3. The van der Waals surface area contributed by atoms with Crippen LogP contribution >= 0.6 is 0 Å². The minimum Gasteiger partial charge on any atom is -0.393 e. The van der Waals surface area contributed by atoms with Crippen molar-refractivity contribution in [1.82, 2.24) is 58.5 Å². The molecule has 11 amide bonds. The maximum Gasteiger partial charge on any atom is 0.245 e. The van der Waals surface area contributed by atoms with Gasteiger partial charge in [-0.3, -0.25) is 52.7 Å². The van der Waals surface area contributed by atoms with E-state index in [0.29, 0.717) is 24.3 Å². The average molecular weight is 1220 g/mol. The average Bonchev–Trinajstić information content (AvgIpc) is 3.18. The Bertz CT molecular complexity index is 2350. The number of carbonyl (C=O) groups excluding carboxylic acids is 11. The van der Waals surface area contributed by atoms with Gasteiger partial charge < -0.3 is 102 Å². The predicted octanol–water partition coefficient (Wildman–Crippen LogP) is -9.86. The number of hydrogen-bond acceptors (Lipinski definition) is 14. The Kier molecular flexibility index (Phi) is 34.7. The van der Waals surface area contributed by atoms with Gasteiger partial charge in [0.15, 0.2) is 0 Å². The first-order valence-corrected chi connectivity index (χ1v) is 30.1. The van der Waals surface area contributed by atoms with Crippen LogP contribution in [0.2, 0.25) is 0 Å². The largest absolute Gasteiger partial charge is 0.393 e. The SMILES string of the molecule is CC[C@@H](C)CCC(O)CC(=O)N[C@@H](CC[NH3+])C(=O)N[C@H](C(=O)N[C@@H](CC[NH3+])C(=O)N[C@H]1CCNC(=O)[C@H]([C@@H](C)O)NC(=O)[C@H](CC[NH3+])NC(=O)[C@H](CC[NH3+])NC(=O)[C@H](CC(C)C)NC(=O)[C@@H](Cc2ccccc2)NC(=O)[C@H](CC[NH3+])NC1=O)[C@@H](C)O. The molecule has 30 nitrogen and oxygen atoms in total. The smallest absolute Gasteiger partial charge is 0.245 e. The number of hydrogen-bond donors (Lipinski definition) is 19. The maximum absolute atomic E-state index is 14.6. The summed E-state index contributed by atoms with van der Waals surface area (Å²) in [5, 5.41) is 60.6. The van der Waals surface area contributed by atoms with E-state index in [1.807, 2.05) is 27.7 Å². The molecule has 486 valence electrons. The topological polar surface area (TPSA) is 519 Å². The molecule has 14 atom stereocenters. The maximum atomic E-state index is 14.6. The van der Waals surface area contributed by atoms with Crippen LogP contribution in [0.1, 0.15) is 118 Å². The van der Waals surface area contributed by atoms with E-state index in [9.17, 15) is 68.1 Å². The molecule has 1 fully saturated rings. The van der Waals surface area contributed by atoms with E-state index >= 15 is 0 Å². The van der Waals surface area contributed by atoms with Crippen LogP contribution in [-0.4, -0.2) is 198 Å². The van der Waals surface area contributed by atoms with Gasteiger partial charge in [-0.25, -0.2) is 0 Å². The summed E-state index contributed by atoms with van der Waals surface area (Å²) in [6.07, 6.45) is -3.17. The van der Waals surface area contributed by atoms with E-state index in [1.54, 1.807) is 30.3 Å². The van der Waals surface area contributed by atoms with E-state index in [0.717, 1.165) is 6.42 Å². The number of aliphatic hydroxyl groups is 3. The number of carbonyl (C=O) groups is 11. The van der Waals surface area contributed by atoms with Crippen molar-refractivity contribution in [2.24, 2.45) is 11.8 Å². The summed E-state index contributed by atoms with van der Waals surface area (Å²) in [4.78, 5) is 154. The molecule has 1 aliphatic heterocycles. The molecule has 30 heteroatoms. The number of rotatable bonds is 29. The lowest BCUT2D eigenvalue weighted by atomic mass is 9.99. The van der Waals surface area contributed by atoms with Crippen LogP contribution in [-0.2, 0) is 59.2 Å². The second kappa shape index (κ2) is 39.7. The van der Waals surface area contributed by atoms with Crippen molar-refractivity contribution in [3.63, 3.8) is 0 Å². The molecule has 1 saturated heterocycles. The number of amides is 11. The second-order valence-electron chi connectivity index (χ2n) is 22.6. The molecule has 0 spiro atoms. The molecule has 29 N–H and O–H groups in total. The normalized spacial score (nSPS) is 23.2. The zero-order valence-electron chi connectivity index (χ0n) is 51.1. The van der Waals surface area contributed by atoms with Gasteiger partial charge in [0.2, 0.25) is 65.0 Å². The van der Waals surface area contributed by atoms with Crippen molar-refractivity contribution < 1.29 is 96.7 Å². The van der Waals surface area contributed by atoms with Crippen LogP contribution in [0.25, 0.3) is 0 Å². The van der Waals surface area contributed by atoms with Crippen molar-refractivity contribution in [3.8, 4) is 0 Å². The van der Waals surface area contributed by atoms with E-state index in [4.69, 9.17) is 0 Å². The molecule has 0 bridgehead atoms. The van der Waals surface area contributed by atoms with Gasteiger partial charge in [-0.05, 0) is 56.9 Å².